The second kappa shape index (κ2) is 6.55. The summed E-state index contributed by atoms with van der Waals surface area (Å²) in [6.07, 6.45) is 0. The van der Waals surface area contributed by atoms with E-state index in [0.717, 1.165) is 38.3 Å². The molecule has 1 fully saturated rings. The van der Waals surface area contributed by atoms with Gasteiger partial charge in [-0.05, 0) is 24.5 Å². The maximum Gasteiger partial charge on any atom is 0.146 e. The third-order valence-corrected chi connectivity index (χ3v) is 3.82. The number of benzene rings is 1. The summed E-state index contributed by atoms with van der Waals surface area (Å²) in [6.45, 7) is 11.2. The third kappa shape index (κ3) is 3.49. The van der Waals surface area contributed by atoms with Gasteiger partial charge in [-0.3, -0.25) is 4.90 Å². The average molecular weight is 279 g/mol. The lowest BCUT2D eigenvalue weighted by atomic mass is 10.0. The van der Waals surface area contributed by atoms with Crippen LogP contribution in [0.5, 0.6) is 0 Å². The van der Waals surface area contributed by atoms with Crippen molar-refractivity contribution in [2.75, 3.05) is 37.6 Å². The summed E-state index contributed by atoms with van der Waals surface area (Å²) in [7, 11) is 0. The zero-order valence-corrected chi connectivity index (χ0v) is 12.8. The zero-order valence-electron chi connectivity index (χ0n) is 12.8. The summed E-state index contributed by atoms with van der Waals surface area (Å²) >= 11 is 0. The molecule has 0 saturated carbocycles. The summed E-state index contributed by atoms with van der Waals surface area (Å²) in [5, 5.41) is 0. The fourth-order valence-corrected chi connectivity index (χ4v) is 2.90. The van der Waals surface area contributed by atoms with Crippen LogP contribution in [0.25, 0.3) is 0 Å². The second-order valence-electron chi connectivity index (χ2n) is 6.15. The molecule has 112 valence electrons. The van der Waals surface area contributed by atoms with Crippen LogP contribution >= 0.6 is 0 Å². The highest BCUT2D eigenvalue weighted by Crippen LogP contribution is 2.29. The maximum atomic E-state index is 14.2. The molecule has 1 saturated heterocycles. The number of nitrogens with two attached hydrogens (primary N) is 1. The minimum atomic E-state index is -0.155. The van der Waals surface area contributed by atoms with Crippen LogP contribution in [-0.4, -0.2) is 37.6 Å². The monoisotopic (exact) mass is 279 g/mol. The Hall–Kier alpha value is -1.13. The molecule has 0 aliphatic carbocycles. The highest BCUT2D eigenvalue weighted by molar-refractivity contribution is 5.56. The molecule has 1 aliphatic rings. The van der Waals surface area contributed by atoms with Crippen molar-refractivity contribution >= 4 is 5.69 Å². The predicted octanol–water partition coefficient (Wildman–Crippen LogP) is 2.62. The van der Waals surface area contributed by atoms with E-state index in [0.29, 0.717) is 11.6 Å². The summed E-state index contributed by atoms with van der Waals surface area (Å²) in [4.78, 5) is 4.60. The number of halogens is 1. The van der Waals surface area contributed by atoms with Crippen molar-refractivity contribution in [1.82, 2.24) is 4.90 Å². The summed E-state index contributed by atoms with van der Waals surface area (Å²) in [5.41, 5.74) is 7.59. The Kier molecular flexibility index (Phi) is 5.00. The van der Waals surface area contributed by atoms with Gasteiger partial charge in [0, 0.05) is 38.8 Å². The van der Waals surface area contributed by atoms with Gasteiger partial charge in [-0.25, -0.2) is 4.39 Å². The maximum absolute atomic E-state index is 14.2. The van der Waals surface area contributed by atoms with Crippen molar-refractivity contribution in [3.8, 4) is 0 Å². The van der Waals surface area contributed by atoms with Crippen molar-refractivity contribution in [1.29, 1.82) is 0 Å². The van der Waals surface area contributed by atoms with Gasteiger partial charge in [0.2, 0.25) is 0 Å². The normalized spacial score (nSPS) is 18.6. The van der Waals surface area contributed by atoms with Crippen LogP contribution in [0.2, 0.25) is 0 Å². The number of rotatable bonds is 4. The molecule has 1 aromatic rings. The number of anilines is 1. The van der Waals surface area contributed by atoms with Crippen LogP contribution in [-0.2, 0) is 0 Å². The molecular weight excluding hydrogens is 253 g/mol. The van der Waals surface area contributed by atoms with Gasteiger partial charge in [0.15, 0.2) is 0 Å². The molecule has 2 rings (SSSR count). The third-order valence-electron chi connectivity index (χ3n) is 3.82. The molecule has 20 heavy (non-hydrogen) atoms. The first-order valence-corrected chi connectivity index (χ1v) is 7.50. The molecule has 0 bridgehead atoms. The molecule has 0 aromatic heterocycles. The fraction of sp³-hybridized carbons (Fsp3) is 0.625. The van der Waals surface area contributed by atoms with E-state index in [1.807, 2.05) is 13.0 Å². The first-order valence-electron chi connectivity index (χ1n) is 7.50. The van der Waals surface area contributed by atoms with E-state index in [9.17, 15) is 4.39 Å². The minimum absolute atomic E-state index is 0.144. The first-order chi connectivity index (χ1) is 9.49. The second-order valence-corrected chi connectivity index (χ2v) is 6.15. The van der Waals surface area contributed by atoms with Gasteiger partial charge in [0.25, 0.3) is 0 Å². The van der Waals surface area contributed by atoms with Gasteiger partial charge >= 0.3 is 0 Å². The molecule has 1 atom stereocenters. The standard InChI is InChI=1S/C16H26FN3/c1-12(2)11-19-7-9-20(10-8-19)16-14(13(3)18)5-4-6-15(16)17/h4-6,12-13H,7-11,18H2,1-3H3/t13-/m1/s1. The van der Waals surface area contributed by atoms with Gasteiger partial charge in [-0.15, -0.1) is 0 Å². The lowest BCUT2D eigenvalue weighted by Crippen LogP contribution is -2.48. The van der Waals surface area contributed by atoms with Crippen LogP contribution < -0.4 is 10.6 Å². The number of nitrogens with zero attached hydrogens (tertiary/aromatic N) is 2. The molecule has 0 spiro atoms. The Morgan fingerprint density at radius 3 is 2.35 bits per heavy atom. The zero-order chi connectivity index (χ0) is 14.7. The molecule has 2 N–H and O–H groups in total. The topological polar surface area (TPSA) is 32.5 Å². The minimum Gasteiger partial charge on any atom is -0.366 e. The van der Waals surface area contributed by atoms with E-state index in [1.165, 1.54) is 6.07 Å². The van der Waals surface area contributed by atoms with Crippen LogP contribution in [0.1, 0.15) is 32.4 Å². The van der Waals surface area contributed by atoms with Gasteiger partial charge < -0.3 is 10.6 Å². The first kappa shape index (κ1) is 15.3. The van der Waals surface area contributed by atoms with Gasteiger partial charge in [0.1, 0.15) is 5.82 Å². The van der Waals surface area contributed by atoms with E-state index in [2.05, 4.69) is 23.6 Å². The van der Waals surface area contributed by atoms with E-state index >= 15 is 0 Å². The van der Waals surface area contributed by atoms with E-state index in [1.54, 1.807) is 6.07 Å². The Morgan fingerprint density at radius 1 is 1.15 bits per heavy atom. The van der Waals surface area contributed by atoms with Crippen LogP contribution in [0, 0.1) is 11.7 Å². The van der Waals surface area contributed by atoms with Crippen LogP contribution in [0.3, 0.4) is 0 Å². The largest absolute Gasteiger partial charge is 0.366 e. The lowest BCUT2D eigenvalue weighted by Gasteiger charge is -2.38. The number of hydrogen-bond donors (Lipinski definition) is 1. The van der Waals surface area contributed by atoms with Gasteiger partial charge in [-0.2, -0.15) is 0 Å². The van der Waals surface area contributed by atoms with Gasteiger partial charge in [0.05, 0.1) is 5.69 Å². The highest BCUT2D eigenvalue weighted by Gasteiger charge is 2.23. The lowest BCUT2D eigenvalue weighted by molar-refractivity contribution is 0.230. The quantitative estimate of drug-likeness (QED) is 0.919. The van der Waals surface area contributed by atoms with Crippen molar-refractivity contribution in [3.63, 3.8) is 0 Å². The van der Waals surface area contributed by atoms with E-state index in [4.69, 9.17) is 5.73 Å². The molecular formula is C16H26FN3. The summed E-state index contributed by atoms with van der Waals surface area (Å²) < 4.78 is 14.2. The molecule has 0 amide bonds. The molecule has 1 aliphatic heterocycles. The summed E-state index contributed by atoms with van der Waals surface area (Å²) in [5.74, 6) is 0.520. The Balaban J connectivity index is 2.11. The highest BCUT2D eigenvalue weighted by atomic mass is 19.1. The molecule has 0 radical (unpaired) electrons. The molecule has 3 nitrogen and oxygen atoms in total. The number of para-hydroxylation sites is 1. The van der Waals surface area contributed by atoms with E-state index < -0.39 is 0 Å². The Labute approximate surface area is 121 Å². The summed E-state index contributed by atoms with van der Waals surface area (Å²) in [6, 6.07) is 5.06. The fourth-order valence-electron chi connectivity index (χ4n) is 2.90. The van der Waals surface area contributed by atoms with Crippen molar-refractivity contribution in [3.05, 3.63) is 29.6 Å². The number of hydrogen-bond acceptors (Lipinski definition) is 3. The molecule has 1 aromatic carbocycles. The SMILES string of the molecule is CC(C)CN1CCN(c2c(F)cccc2[C@@H](C)N)CC1. The Bertz CT molecular complexity index is 437. The Morgan fingerprint density at radius 2 is 1.80 bits per heavy atom. The van der Waals surface area contributed by atoms with Gasteiger partial charge in [-0.1, -0.05) is 26.0 Å². The van der Waals surface area contributed by atoms with Crippen molar-refractivity contribution in [2.45, 2.75) is 26.8 Å². The smallest absolute Gasteiger partial charge is 0.146 e. The van der Waals surface area contributed by atoms with Crippen LogP contribution in [0.4, 0.5) is 10.1 Å². The van der Waals surface area contributed by atoms with Crippen molar-refractivity contribution < 1.29 is 4.39 Å². The molecule has 0 unspecified atom stereocenters. The molecule has 4 heteroatoms. The molecule has 1 heterocycles. The van der Waals surface area contributed by atoms with E-state index in [-0.39, 0.29) is 11.9 Å². The predicted molar refractivity (Wildman–Crippen MR) is 82.5 cm³/mol. The number of piperazine rings is 1. The average Bonchev–Trinajstić information content (AvgIpc) is 2.39. The van der Waals surface area contributed by atoms with Crippen LogP contribution in [0.15, 0.2) is 18.2 Å². The van der Waals surface area contributed by atoms with Crippen molar-refractivity contribution in [2.24, 2.45) is 11.7 Å².